The summed E-state index contributed by atoms with van der Waals surface area (Å²) in [6.07, 6.45) is 3.41. The molecule has 1 fully saturated rings. The number of rotatable bonds is 8. The number of hydroxylamine groups is 2. The van der Waals surface area contributed by atoms with Crippen LogP contribution in [0, 0.1) is 11.3 Å². The van der Waals surface area contributed by atoms with Crippen molar-refractivity contribution in [1.82, 2.24) is 9.96 Å². The van der Waals surface area contributed by atoms with Crippen molar-refractivity contribution < 1.29 is 19.2 Å². The van der Waals surface area contributed by atoms with Crippen LogP contribution in [0.4, 0.5) is 0 Å². The van der Waals surface area contributed by atoms with Crippen molar-refractivity contribution in [3.8, 4) is 6.07 Å². The molecule has 28 heavy (non-hydrogen) atoms. The number of nitrogens with zero attached hydrogens (tertiary/aromatic N) is 3. The third kappa shape index (κ3) is 6.95. The minimum absolute atomic E-state index is 0.0113. The molecular weight excluding hydrogens is 358 g/mol. The van der Waals surface area contributed by atoms with Gasteiger partial charge in [-0.05, 0) is 57.7 Å². The fraction of sp³-hybridized carbons (Fsp3) is 0.571. The maximum atomic E-state index is 12.7. The van der Waals surface area contributed by atoms with Crippen molar-refractivity contribution >= 4 is 12.3 Å². The second kappa shape index (κ2) is 10.2. The van der Waals surface area contributed by atoms with Gasteiger partial charge in [0.2, 0.25) is 12.3 Å². The zero-order valence-corrected chi connectivity index (χ0v) is 16.9. The smallest absolute Gasteiger partial charge is 0.245 e. The zero-order chi connectivity index (χ0) is 20.6. The van der Waals surface area contributed by atoms with Gasteiger partial charge >= 0.3 is 0 Å². The van der Waals surface area contributed by atoms with Crippen LogP contribution in [-0.4, -0.2) is 53.6 Å². The summed E-state index contributed by atoms with van der Waals surface area (Å²) in [4.78, 5) is 31.3. The Morgan fingerprint density at radius 3 is 2.64 bits per heavy atom. The topological polar surface area (TPSA) is 82.9 Å². The van der Waals surface area contributed by atoms with E-state index < -0.39 is 5.60 Å². The lowest BCUT2D eigenvalue weighted by atomic mass is 10.0. The van der Waals surface area contributed by atoms with E-state index in [4.69, 9.17) is 14.8 Å². The average molecular weight is 387 g/mol. The molecule has 7 nitrogen and oxygen atoms in total. The second-order valence-electron chi connectivity index (χ2n) is 7.94. The summed E-state index contributed by atoms with van der Waals surface area (Å²) in [5, 5.41) is 9.91. The predicted octanol–water partition coefficient (Wildman–Crippen LogP) is 2.64. The number of carbonyl (C=O) groups excluding carboxylic acids is 2. The van der Waals surface area contributed by atoms with Gasteiger partial charge in [-0.15, -0.1) is 0 Å². The first-order chi connectivity index (χ1) is 13.3. The number of likely N-dealkylation sites (tertiary alicyclic amines) is 1. The average Bonchev–Trinajstić information content (AvgIpc) is 2.67. The minimum Gasteiger partial charge on any atom is -0.375 e. The second-order valence-corrected chi connectivity index (χ2v) is 7.94. The minimum atomic E-state index is -0.549. The van der Waals surface area contributed by atoms with E-state index in [2.05, 4.69) is 6.07 Å². The number of benzene rings is 1. The third-order valence-corrected chi connectivity index (χ3v) is 4.41. The van der Waals surface area contributed by atoms with Crippen LogP contribution in [0.2, 0.25) is 0 Å². The number of nitriles is 1. The van der Waals surface area contributed by atoms with E-state index in [9.17, 15) is 9.59 Å². The summed E-state index contributed by atoms with van der Waals surface area (Å²) in [5.41, 5.74) is 1.05. The molecule has 0 spiro atoms. The summed E-state index contributed by atoms with van der Waals surface area (Å²) in [6, 6.07) is 9.34. The van der Waals surface area contributed by atoms with E-state index in [0.29, 0.717) is 31.7 Å². The molecule has 2 amide bonds. The van der Waals surface area contributed by atoms with Crippen LogP contribution in [-0.2, 0) is 25.8 Å². The van der Waals surface area contributed by atoms with Crippen molar-refractivity contribution in [1.29, 1.82) is 5.26 Å². The maximum Gasteiger partial charge on any atom is 0.245 e. The normalized spacial score (nSPS) is 17.1. The van der Waals surface area contributed by atoms with Gasteiger partial charge in [-0.1, -0.05) is 12.1 Å². The fourth-order valence-electron chi connectivity index (χ4n) is 3.16. The fourth-order valence-corrected chi connectivity index (χ4v) is 3.16. The number of hydrogen-bond donors (Lipinski definition) is 0. The lowest BCUT2D eigenvalue weighted by Gasteiger charge is -2.37. The highest BCUT2D eigenvalue weighted by molar-refractivity contribution is 5.80. The third-order valence-electron chi connectivity index (χ3n) is 4.41. The zero-order valence-electron chi connectivity index (χ0n) is 16.9. The largest absolute Gasteiger partial charge is 0.375 e. The highest BCUT2D eigenvalue weighted by Crippen LogP contribution is 2.19. The van der Waals surface area contributed by atoms with Gasteiger partial charge in [-0.3, -0.25) is 14.4 Å². The van der Waals surface area contributed by atoms with Crippen molar-refractivity contribution in [2.75, 3.05) is 19.7 Å². The van der Waals surface area contributed by atoms with Gasteiger partial charge in [-0.25, -0.2) is 5.06 Å². The summed E-state index contributed by atoms with van der Waals surface area (Å²) in [7, 11) is 0. The molecule has 1 aliphatic heterocycles. The first-order valence-corrected chi connectivity index (χ1v) is 9.59. The van der Waals surface area contributed by atoms with Crippen LogP contribution >= 0.6 is 0 Å². The van der Waals surface area contributed by atoms with Gasteiger partial charge in [0.25, 0.3) is 0 Å². The first kappa shape index (κ1) is 21.9. The Labute approximate surface area is 166 Å². The Balaban J connectivity index is 1.88. The Hall–Kier alpha value is -2.43. The molecule has 1 unspecified atom stereocenters. The molecule has 0 saturated carbocycles. The maximum absolute atomic E-state index is 12.7. The van der Waals surface area contributed by atoms with Gasteiger partial charge in [0, 0.05) is 6.54 Å². The van der Waals surface area contributed by atoms with E-state index >= 15 is 0 Å². The van der Waals surface area contributed by atoms with Crippen molar-refractivity contribution in [3.05, 3.63) is 35.4 Å². The molecule has 152 valence electrons. The number of ether oxygens (including phenoxy) is 1. The molecule has 1 aromatic carbocycles. The Bertz CT molecular complexity index is 691. The molecular formula is C21H29N3O4. The highest BCUT2D eigenvalue weighted by atomic mass is 16.7. The highest BCUT2D eigenvalue weighted by Gasteiger charge is 2.29. The predicted molar refractivity (Wildman–Crippen MR) is 104 cm³/mol. The van der Waals surface area contributed by atoms with Gasteiger partial charge in [0.15, 0.2) is 0 Å². The SMILES string of the molecule is CC(C)(C)ON(C=O)CC(=O)N1CCCCC1COCc1ccc(C#N)cc1. The van der Waals surface area contributed by atoms with Crippen LogP contribution in [0.15, 0.2) is 24.3 Å². The van der Waals surface area contributed by atoms with Crippen LogP contribution in [0.3, 0.4) is 0 Å². The standard InChI is InChI=1S/C21H29N3O4/c1-21(2,3)28-23(16-25)13-20(26)24-11-5-4-6-19(24)15-27-14-18-9-7-17(12-22)8-10-18/h7-10,16,19H,4-6,11,13-15H2,1-3H3. The summed E-state index contributed by atoms with van der Waals surface area (Å²) in [5.74, 6) is -0.136. The van der Waals surface area contributed by atoms with Crippen molar-refractivity contribution in [3.63, 3.8) is 0 Å². The van der Waals surface area contributed by atoms with E-state index in [0.717, 1.165) is 29.9 Å². The van der Waals surface area contributed by atoms with Gasteiger partial charge in [-0.2, -0.15) is 5.26 Å². The number of amides is 2. The lowest BCUT2D eigenvalue weighted by molar-refractivity contribution is -0.217. The van der Waals surface area contributed by atoms with Gasteiger partial charge < -0.3 is 9.64 Å². The van der Waals surface area contributed by atoms with E-state index in [-0.39, 0.29) is 18.5 Å². The molecule has 2 rings (SSSR count). The lowest BCUT2D eigenvalue weighted by Crippen LogP contribution is -2.50. The molecule has 0 aromatic heterocycles. The van der Waals surface area contributed by atoms with Gasteiger partial charge in [0.05, 0.1) is 36.5 Å². The molecule has 1 aromatic rings. The van der Waals surface area contributed by atoms with Crippen molar-refractivity contribution in [2.24, 2.45) is 0 Å². The number of carbonyl (C=O) groups is 2. The molecule has 0 N–H and O–H groups in total. The molecule has 0 radical (unpaired) electrons. The monoisotopic (exact) mass is 387 g/mol. The number of piperidine rings is 1. The molecule has 1 atom stereocenters. The summed E-state index contributed by atoms with van der Waals surface area (Å²) in [6.45, 7) is 6.90. The Morgan fingerprint density at radius 2 is 2.04 bits per heavy atom. The van der Waals surface area contributed by atoms with E-state index in [1.165, 1.54) is 0 Å². The van der Waals surface area contributed by atoms with E-state index in [1.807, 2.05) is 32.9 Å². The molecule has 0 aliphatic carbocycles. The quantitative estimate of drug-likeness (QED) is 0.506. The van der Waals surface area contributed by atoms with Crippen LogP contribution < -0.4 is 0 Å². The molecule has 7 heteroatoms. The van der Waals surface area contributed by atoms with Crippen LogP contribution in [0.25, 0.3) is 0 Å². The summed E-state index contributed by atoms with van der Waals surface area (Å²) >= 11 is 0. The van der Waals surface area contributed by atoms with E-state index in [1.54, 1.807) is 17.0 Å². The first-order valence-electron chi connectivity index (χ1n) is 9.59. The Kier molecular flexibility index (Phi) is 7.97. The molecule has 0 bridgehead atoms. The molecule has 1 aliphatic rings. The van der Waals surface area contributed by atoms with Gasteiger partial charge in [0.1, 0.15) is 6.54 Å². The number of hydrogen-bond acceptors (Lipinski definition) is 5. The Morgan fingerprint density at radius 1 is 1.32 bits per heavy atom. The van der Waals surface area contributed by atoms with Crippen molar-refractivity contribution in [2.45, 2.75) is 58.3 Å². The van der Waals surface area contributed by atoms with Crippen LogP contribution in [0.5, 0.6) is 0 Å². The molecule has 1 saturated heterocycles. The molecule has 1 heterocycles. The summed E-state index contributed by atoms with van der Waals surface area (Å²) < 4.78 is 5.83. The van der Waals surface area contributed by atoms with Crippen LogP contribution in [0.1, 0.15) is 51.2 Å².